The molecular formula is C8H6NOS. The molecule has 0 unspecified atom stereocenters. The van der Waals surface area contributed by atoms with Gasteiger partial charge in [-0.05, 0) is 29.7 Å². The zero-order valence-corrected chi connectivity index (χ0v) is 6.81. The minimum absolute atomic E-state index is 0.871. The van der Waals surface area contributed by atoms with Crippen LogP contribution >= 0.6 is 11.5 Å². The third kappa shape index (κ3) is 1.07. The van der Waals surface area contributed by atoms with Crippen LogP contribution in [-0.4, -0.2) is 11.5 Å². The summed E-state index contributed by atoms with van der Waals surface area (Å²) in [4.78, 5) is 0. The van der Waals surface area contributed by atoms with Gasteiger partial charge in [-0.15, -0.1) is 0 Å². The largest absolute Gasteiger partial charge is 0.497 e. The predicted octanol–water partition coefficient (Wildman–Crippen LogP) is 2.11. The molecule has 0 atom stereocenters. The lowest BCUT2D eigenvalue weighted by Gasteiger charge is -1.96. The topological polar surface area (TPSA) is 22.1 Å². The summed E-state index contributed by atoms with van der Waals surface area (Å²) in [6.07, 6.45) is 2.88. The van der Waals surface area contributed by atoms with E-state index in [1.165, 1.54) is 11.5 Å². The summed E-state index contributed by atoms with van der Waals surface area (Å²) >= 11 is 1.43. The molecule has 0 saturated carbocycles. The molecule has 0 spiro atoms. The fraction of sp³-hybridized carbons (Fsp3) is 0.125. The number of hydrogen-bond donors (Lipinski definition) is 0. The molecule has 2 aromatic rings. The number of aromatic nitrogens is 1. The lowest BCUT2D eigenvalue weighted by Crippen LogP contribution is -1.79. The number of hydrogen-bond acceptors (Lipinski definition) is 3. The molecule has 2 nitrogen and oxygen atoms in total. The zero-order chi connectivity index (χ0) is 7.68. The number of methoxy groups -OCH3 is 1. The van der Waals surface area contributed by atoms with E-state index < -0.39 is 0 Å². The molecule has 1 aromatic carbocycles. The summed E-state index contributed by atoms with van der Waals surface area (Å²) in [6, 6.07) is 5.83. The van der Waals surface area contributed by atoms with Gasteiger partial charge in [0.2, 0.25) is 0 Å². The Kier molecular flexibility index (Phi) is 1.51. The van der Waals surface area contributed by atoms with Crippen LogP contribution in [0.15, 0.2) is 18.2 Å². The van der Waals surface area contributed by atoms with Crippen molar-refractivity contribution in [3.63, 3.8) is 0 Å². The van der Waals surface area contributed by atoms with Crippen molar-refractivity contribution in [2.45, 2.75) is 0 Å². The molecule has 3 heteroatoms. The fourth-order valence-corrected chi connectivity index (χ4v) is 1.54. The third-order valence-corrected chi connectivity index (χ3v) is 2.22. The third-order valence-electron chi connectivity index (χ3n) is 1.50. The van der Waals surface area contributed by atoms with E-state index in [-0.39, 0.29) is 0 Å². The van der Waals surface area contributed by atoms with E-state index in [2.05, 4.69) is 10.6 Å². The molecule has 0 saturated heterocycles. The average Bonchev–Trinajstić information content (AvgIpc) is 2.50. The first-order valence-electron chi connectivity index (χ1n) is 3.21. The summed E-state index contributed by atoms with van der Waals surface area (Å²) in [7, 11) is 1.66. The molecule has 0 bridgehead atoms. The van der Waals surface area contributed by atoms with Crippen molar-refractivity contribution in [1.82, 2.24) is 4.37 Å². The maximum absolute atomic E-state index is 5.06. The highest BCUT2D eigenvalue weighted by Gasteiger charge is 1.97. The van der Waals surface area contributed by atoms with E-state index in [1.807, 2.05) is 18.2 Å². The molecule has 0 aliphatic carbocycles. The summed E-state index contributed by atoms with van der Waals surface area (Å²) in [5.41, 5.74) is 0. The number of nitrogens with zero attached hydrogens (tertiary/aromatic N) is 1. The first-order valence-corrected chi connectivity index (χ1v) is 3.98. The van der Waals surface area contributed by atoms with Crippen molar-refractivity contribution in [2.75, 3.05) is 7.11 Å². The Morgan fingerprint density at radius 1 is 1.55 bits per heavy atom. The van der Waals surface area contributed by atoms with Gasteiger partial charge in [-0.2, -0.15) is 4.37 Å². The molecule has 0 N–H and O–H groups in total. The highest BCUT2D eigenvalue weighted by Crippen LogP contribution is 2.22. The average molecular weight is 164 g/mol. The van der Waals surface area contributed by atoms with E-state index in [9.17, 15) is 0 Å². The first kappa shape index (κ1) is 6.61. The second kappa shape index (κ2) is 2.51. The standard InChI is InChI=1S/C8H6NOS/c1-10-7-3-2-6-5-9-11-8(6)4-7/h2-4H,1H3. The number of benzene rings is 1. The molecule has 0 fully saturated rings. The quantitative estimate of drug-likeness (QED) is 0.644. The minimum atomic E-state index is 0.871. The Balaban J connectivity index is 2.67. The van der Waals surface area contributed by atoms with Crippen LogP contribution < -0.4 is 4.74 Å². The van der Waals surface area contributed by atoms with Gasteiger partial charge in [0.25, 0.3) is 0 Å². The van der Waals surface area contributed by atoms with Gasteiger partial charge in [0, 0.05) is 5.39 Å². The molecule has 0 aliphatic rings. The van der Waals surface area contributed by atoms with Gasteiger partial charge in [-0.1, -0.05) is 0 Å². The SMILES string of the molecule is COc1ccc2[c]nsc2c1. The highest BCUT2D eigenvalue weighted by molar-refractivity contribution is 7.13. The van der Waals surface area contributed by atoms with Crippen LogP contribution in [0.3, 0.4) is 0 Å². The molecular weight excluding hydrogens is 158 g/mol. The monoisotopic (exact) mass is 164 g/mol. The number of fused-ring (bicyclic) bond motifs is 1. The molecule has 0 aliphatic heterocycles. The maximum Gasteiger partial charge on any atom is 0.120 e. The number of rotatable bonds is 1. The van der Waals surface area contributed by atoms with Crippen LogP contribution in [0.5, 0.6) is 5.75 Å². The lowest BCUT2D eigenvalue weighted by molar-refractivity contribution is 0.415. The second-order valence-electron chi connectivity index (χ2n) is 2.16. The van der Waals surface area contributed by atoms with Gasteiger partial charge >= 0.3 is 0 Å². The zero-order valence-electron chi connectivity index (χ0n) is 6.00. The van der Waals surface area contributed by atoms with Crippen LogP contribution in [0.1, 0.15) is 0 Å². The van der Waals surface area contributed by atoms with Crippen molar-refractivity contribution in [1.29, 1.82) is 0 Å². The van der Waals surface area contributed by atoms with Crippen molar-refractivity contribution < 1.29 is 4.74 Å². The van der Waals surface area contributed by atoms with Gasteiger partial charge in [0.05, 0.1) is 11.8 Å². The van der Waals surface area contributed by atoms with Gasteiger partial charge in [0.1, 0.15) is 11.9 Å². The smallest absolute Gasteiger partial charge is 0.120 e. The second-order valence-corrected chi connectivity index (χ2v) is 2.96. The van der Waals surface area contributed by atoms with Gasteiger partial charge in [-0.3, -0.25) is 0 Å². The van der Waals surface area contributed by atoms with Gasteiger partial charge < -0.3 is 4.74 Å². The summed E-state index contributed by atoms with van der Waals surface area (Å²) in [5, 5.41) is 1.05. The van der Waals surface area contributed by atoms with E-state index >= 15 is 0 Å². The predicted molar refractivity (Wildman–Crippen MR) is 45.0 cm³/mol. The van der Waals surface area contributed by atoms with Crippen molar-refractivity contribution in [2.24, 2.45) is 0 Å². The summed E-state index contributed by atoms with van der Waals surface area (Å²) in [6.45, 7) is 0. The van der Waals surface area contributed by atoms with E-state index in [1.54, 1.807) is 7.11 Å². The lowest BCUT2D eigenvalue weighted by atomic mass is 10.3. The van der Waals surface area contributed by atoms with Crippen molar-refractivity contribution in [3.8, 4) is 5.75 Å². The Hall–Kier alpha value is -1.09. The Bertz CT molecular complexity index is 369. The number of ether oxygens (including phenoxy) is 1. The van der Waals surface area contributed by atoms with Crippen LogP contribution in [-0.2, 0) is 0 Å². The molecule has 0 amide bonds. The summed E-state index contributed by atoms with van der Waals surface area (Å²) < 4.78 is 10.1. The van der Waals surface area contributed by atoms with Crippen LogP contribution in [0.25, 0.3) is 10.1 Å². The van der Waals surface area contributed by atoms with Crippen molar-refractivity contribution >= 4 is 21.6 Å². The molecule has 11 heavy (non-hydrogen) atoms. The molecule has 55 valence electrons. The van der Waals surface area contributed by atoms with Gasteiger partial charge in [0.15, 0.2) is 0 Å². The Labute approximate surface area is 68.6 Å². The minimum Gasteiger partial charge on any atom is -0.497 e. The van der Waals surface area contributed by atoms with E-state index in [4.69, 9.17) is 4.74 Å². The Morgan fingerprint density at radius 3 is 3.27 bits per heavy atom. The molecule has 1 heterocycles. The van der Waals surface area contributed by atoms with Crippen molar-refractivity contribution in [3.05, 3.63) is 24.4 Å². The van der Waals surface area contributed by atoms with Gasteiger partial charge in [-0.25, -0.2) is 0 Å². The Morgan fingerprint density at radius 2 is 2.45 bits per heavy atom. The molecule has 1 radical (unpaired) electrons. The maximum atomic E-state index is 5.06. The van der Waals surface area contributed by atoms with Crippen LogP contribution in [0.4, 0.5) is 0 Å². The van der Waals surface area contributed by atoms with Crippen LogP contribution in [0.2, 0.25) is 0 Å². The molecule has 2 rings (SSSR count). The highest BCUT2D eigenvalue weighted by atomic mass is 32.1. The fourth-order valence-electron chi connectivity index (χ4n) is 0.919. The molecule has 1 aromatic heterocycles. The van der Waals surface area contributed by atoms with E-state index in [0.29, 0.717) is 0 Å². The van der Waals surface area contributed by atoms with E-state index in [0.717, 1.165) is 15.8 Å². The first-order chi connectivity index (χ1) is 5.40. The van der Waals surface area contributed by atoms with Crippen LogP contribution in [0, 0.1) is 6.20 Å². The summed E-state index contributed by atoms with van der Waals surface area (Å²) in [5.74, 6) is 0.871. The normalized spacial score (nSPS) is 10.3.